The summed E-state index contributed by atoms with van der Waals surface area (Å²) in [4.78, 5) is 20.5. The minimum atomic E-state index is -0.547. The van der Waals surface area contributed by atoms with Crippen molar-refractivity contribution in [1.29, 1.82) is 0 Å². The SMILES string of the molecule is Nc1cncc(-c2ncc3c(c2F)C(c2nc4c(-c5cccc(F)c5)cncc4[nH]2)=CNN3)c1. The lowest BCUT2D eigenvalue weighted by Gasteiger charge is -2.20. The van der Waals surface area contributed by atoms with Gasteiger partial charge < -0.3 is 16.1 Å². The number of hydrogen-bond donors (Lipinski definition) is 4. The largest absolute Gasteiger partial charge is 0.397 e. The van der Waals surface area contributed by atoms with E-state index in [9.17, 15) is 4.39 Å². The molecular formula is C24H16F2N8. The minimum absolute atomic E-state index is 0.117. The molecule has 0 fully saturated rings. The molecule has 4 aromatic heterocycles. The van der Waals surface area contributed by atoms with Crippen LogP contribution in [0.4, 0.5) is 20.2 Å². The van der Waals surface area contributed by atoms with Gasteiger partial charge in [0.05, 0.1) is 40.4 Å². The molecule has 0 radical (unpaired) electrons. The van der Waals surface area contributed by atoms with Gasteiger partial charge >= 0.3 is 0 Å². The smallest absolute Gasteiger partial charge is 0.159 e. The van der Waals surface area contributed by atoms with Crippen molar-refractivity contribution in [1.82, 2.24) is 30.3 Å². The predicted octanol–water partition coefficient (Wildman–Crippen LogP) is 4.26. The zero-order chi connectivity index (χ0) is 23.2. The molecule has 0 saturated carbocycles. The molecule has 0 atom stereocenters. The fraction of sp³-hybridized carbons (Fsp3) is 0. The zero-order valence-electron chi connectivity index (χ0n) is 17.5. The highest BCUT2D eigenvalue weighted by Crippen LogP contribution is 2.37. The predicted molar refractivity (Wildman–Crippen MR) is 125 cm³/mol. The van der Waals surface area contributed by atoms with Gasteiger partial charge in [0.2, 0.25) is 0 Å². The normalized spacial score (nSPS) is 12.6. The number of benzene rings is 1. The van der Waals surface area contributed by atoms with E-state index in [-0.39, 0.29) is 17.1 Å². The van der Waals surface area contributed by atoms with Crippen LogP contribution in [0.3, 0.4) is 0 Å². The number of halogens is 2. The van der Waals surface area contributed by atoms with Gasteiger partial charge in [-0.1, -0.05) is 12.1 Å². The number of anilines is 2. The molecule has 6 rings (SSSR count). The highest BCUT2D eigenvalue weighted by atomic mass is 19.1. The fourth-order valence-corrected chi connectivity index (χ4v) is 4.01. The lowest BCUT2D eigenvalue weighted by atomic mass is 10.0. The van der Waals surface area contributed by atoms with Crippen LogP contribution in [0.2, 0.25) is 0 Å². The average Bonchev–Trinajstić information content (AvgIpc) is 3.28. The van der Waals surface area contributed by atoms with Crippen LogP contribution in [0.5, 0.6) is 0 Å². The first kappa shape index (κ1) is 19.8. The number of hydrogen-bond acceptors (Lipinski definition) is 7. The summed E-state index contributed by atoms with van der Waals surface area (Å²) in [6.07, 6.45) is 9.37. The van der Waals surface area contributed by atoms with Gasteiger partial charge in [0.1, 0.15) is 17.3 Å². The van der Waals surface area contributed by atoms with Crippen molar-refractivity contribution in [2.45, 2.75) is 0 Å². The fourth-order valence-electron chi connectivity index (χ4n) is 4.01. The van der Waals surface area contributed by atoms with Gasteiger partial charge in [0.15, 0.2) is 5.82 Å². The number of H-pyrrole nitrogens is 1. The highest BCUT2D eigenvalue weighted by Gasteiger charge is 2.25. The second kappa shape index (κ2) is 7.62. The number of rotatable bonds is 3. The molecule has 1 aliphatic rings. The first-order valence-electron chi connectivity index (χ1n) is 10.3. The van der Waals surface area contributed by atoms with Gasteiger partial charge in [-0.3, -0.25) is 20.4 Å². The number of nitrogen functional groups attached to an aromatic ring is 1. The van der Waals surface area contributed by atoms with Crippen molar-refractivity contribution >= 4 is 28.0 Å². The second-order valence-electron chi connectivity index (χ2n) is 7.72. The standard InChI is InChI=1S/C24H16F2N8/c25-14-3-1-2-12(4-14)16-8-29-10-19-23(16)33-24(32-19)17-9-31-34-18-11-30-22(21(26)20(17)18)13-5-15(27)7-28-6-13/h1-11,31,34H,27H2,(H,32,33). The summed E-state index contributed by atoms with van der Waals surface area (Å²) in [6.45, 7) is 0. The molecule has 166 valence electrons. The summed E-state index contributed by atoms with van der Waals surface area (Å²) < 4.78 is 29.6. The van der Waals surface area contributed by atoms with E-state index in [1.54, 1.807) is 36.8 Å². The average molecular weight is 454 g/mol. The van der Waals surface area contributed by atoms with Gasteiger partial charge in [0.25, 0.3) is 0 Å². The first-order valence-corrected chi connectivity index (χ1v) is 10.3. The Morgan fingerprint density at radius 1 is 0.912 bits per heavy atom. The number of nitrogens with one attached hydrogen (secondary N) is 3. The second-order valence-corrected chi connectivity index (χ2v) is 7.72. The third-order valence-corrected chi connectivity index (χ3v) is 5.53. The molecule has 0 unspecified atom stereocenters. The molecule has 1 aromatic carbocycles. The topological polar surface area (TPSA) is 117 Å². The van der Waals surface area contributed by atoms with Crippen molar-refractivity contribution in [3.63, 3.8) is 0 Å². The molecule has 0 aliphatic carbocycles. The van der Waals surface area contributed by atoms with Crippen LogP contribution in [-0.4, -0.2) is 24.9 Å². The molecule has 34 heavy (non-hydrogen) atoms. The molecule has 10 heteroatoms. The maximum Gasteiger partial charge on any atom is 0.159 e. The molecule has 0 spiro atoms. The van der Waals surface area contributed by atoms with E-state index < -0.39 is 5.82 Å². The summed E-state index contributed by atoms with van der Waals surface area (Å²) in [5.74, 6) is -0.491. The van der Waals surface area contributed by atoms with Gasteiger partial charge in [0, 0.05) is 41.5 Å². The van der Waals surface area contributed by atoms with Crippen LogP contribution >= 0.6 is 0 Å². The van der Waals surface area contributed by atoms with Crippen LogP contribution in [0.15, 0.2) is 67.5 Å². The maximum absolute atomic E-state index is 15.8. The first-order chi connectivity index (χ1) is 16.6. The van der Waals surface area contributed by atoms with E-state index in [1.165, 1.54) is 30.7 Å². The summed E-state index contributed by atoms with van der Waals surface area (Å²) in [5.41, 5.74) is 16.3. The zero-order valence-corrected chi connectivity index (χ0v) is 17.5. The Bertz CT molecular complexity index is 1610. The number of nitrogens with zero attached hydrogens (tertiary/aromatic N) is 4. The number of fused-ring (bicyclic) bond motifs is 2. The minimum Gasteiger partial charge on any atom is -0.397 e. The number of aromatic nitrogens is 5. The Kier molecular flexibility index (Phi) is 4.44. The van der Waals surface area contributed by atoms with Crippen LogP contribution in [0, 0.1) is 11.6 Å². The quantitative estimate of drug-likeness (QED) is 0.322. The monoisotopic (exact) mass is 454 g/mol. The number of hydrazine groups is 1. The Balaban J connectivity index is 1.51. The van der Waals surface area contributed by atoms with E-state index in [0.717, 1.165) is 0 Å². The highest BCUT2D eigenvalue weighted by molar-refractivity contribution is 5.95. The Hall–Kier alpha value is -4.86. The molecule has 0 amide bonds. The van der Waals surface area contributed by atoms with Crippen molar-refractivity contribution in [2.24, 2.45) is 0 Å². The van der Waals surface area contributed by atoms with E-state index >= 15 is 4.39 Å². The summed E-state index contributed by atoms with van der Waals surface area (Å²) in [5, 5.41) is 0. The maximum atomic E-state index is 15.8. The van der Waals surface area contributed by atoms with E-state index in [1.807, 2.05) is 0 Å². The third-order valence-electron chi connectivity index (χ3n) is 5.53. The molecule has 8 nitrogen and oxygen atoms in total. The van der Waals surface area contributed by atoms with Crippen molar-refractivity contribution in [2.75, 3.05) is 11.2 Å². The van der Waals surface area contributed by atoms with Crippen molar-refractivity contribution in [3.8, 4) is 22.4 Å². The molecule has 5 heterocycles. The molecule has 1 aliphatic heterocycles. The number of aromatic amines is 1. The van der Waals surface area contributed by atoms with Crippen LogP contribution in [0.25, 0.3) is 39.0 Å². The summed E-state index contributed by atoms with van der Waals surface area (Å²) >= 11 is 0. The van der Waals surface area contributed by atoms with Crippen molar-refractivity contribution in [3.05, 3.63) is 90.5 Å². The molecule has 0 saturated heterocycles. The number of pyridine rings is 3. The number of nitrogens with two attached hydrogens (primary N) is 1. The summed E-state index contributed by atoms with van der Waals surface area (Å²) in [7, 11) is 0. The van der Waals surface area contributed by atoms with Crippen LogP contribution in [-0.2, 0) is 0 Å². The summed E-state index contributed by atoms with van der Waals surface area (Å²) in [6, 6.07) is 7.82. The molecule has 0 bridgehead atoms. The Morgan fingerprint density at radius 3 is 2.65 bits per heavy atom. The van der Waals surface area contributed by atoms with Crippen LogP contribution < -0.4 is 16.6 Å². The molecule has 5 aromatic rings. The van der Waals surface area contributed by atoms with Crippen LogP contribution in [0.1, 0.15) is 11.4 Å². The van der Waals surface area contributed by atoms with Crippen molar-refractivity contribution < 1.29 is 8.78 Å². The molecular weight excluding hydrogens is 438 g/mol. The lowest BCUT2D eigenvalue weighted by molar-refractivity contribution is 0.621. The van der Waals surface area contributed by atoms with Gasteiger partial charge in [-0.25, -0.2) is 13.8 Å². The Labute approximate surface area is 191 Å². The van der Waals surface area contributed by atoms with Gasteiger partial charge in [-0.15, -0.1) is 0 Å². The van der Waals surface area contributed by atoms with Gasteiger partial charge in [-0.05, 0) is 23.8 Å². The molecule has 5 N–H and O–H groups in total. The number of imidazole rings is 1. The third kappa shape index (κ3) is 3.20. The lowest BCUT2D eigenvalue weighted by Crippen LogP contribution is -2.22. The van der Waals surface area contributed by atoms with E-state index in [0.29, 0.717) is 50.5 Å². The Morgan fingerprint density at radius 2 is 1.79 bits per heavy atom. The van der Waals surface area contributed by atoms with Gasteiger partial charge in [-0.2, -0.15) is 0 Å². The van der Waals surface area contributed by atoms with E-state index in [2.05, 4.69) is 30.8 Å². The van der Waals surface area contributed by atoms with E-state index in [4.69, 9.17) is 10.7 Å².